The van der Waals surface area contributed by atoms with E-state index in [1.165, 1.54) is 30.3 Å². The van der Waals surface area contributed by atoms with Gasteiger partial charge in [-0.3, -0.25) is 9.59 Å². The van der Waals surface area contributed by atoms with Crippen LogP contribution in [0.15, 0.2) is 95.9 Å². The van der Waals surface area contributed by atoms with E-state index in [1.54, 1.807) is 71.4 Å². The molecule has 0 saturated carbocycles. The van der Waals surface area contributed by atoms with Gasteiger partial charge in [0.25, 0.3) is 5.78 Å². The summed E-state index contributed by atoms with van der Waals surface area (Å²) in [7, 11) is -0.111. The fraction of sp³-hybridized carbons (Fsp3) is 0.289. The number of rotatable bonds is 15. The summed E-state index contributed by atoms with van der Waals surface area (Å²) >= 11 is 0. The van der Waals surface area contributed by atoms with Gasteiger partial charge in [-0.2, -0.15) is 0 Å². The van der Waals surface area contributed by atoms with Crippen LogP contribution in [0.25, 0.3) is 0 Å². The number of hydrogen-bond donors (Lipinski definition) is 0. The molecular formula is C38H41NO10S2. The molecule has 11 nitrogen and oxygen atoms in total. The standard InChI is InChI=1S/C38H41NO10S2/c1-26-7-18-32(19-8-26)51(43,44)50-22-21-39(37(42)49-38(2,3)4)36(41)35(40)29-13-20-33(47-24-27-9-14-30(45-5)15-10-27)34(23-29)48-25-28-11-16-31(46-6)17-12-28/h7-20,23H,21-22,24-25H2,1-6H3. The molecule has 4 aromatic rings. The van der Waals surface area contributed by atoms with Crippen LogP contribution in [0.4, 0.5) is 4.79 Å². The Labute approximate surface area is 302 Å². The predicted octanol–water partition coefficient (Wildman–Crippen LogP) is 7.24. The van der Waals surface area contributed by atoms with Crippen LogP contribution in [0.3, 0.4) is 0 Å². The van der Waals surface area contributed by atoms with Gasteiger partial charge in [0.05, 0.1) is 19.1 Å². The number of amides is 2. The first kappa shape index (κ1) is 38.8. The van der Waals surface area contributed by atoms with Crippen LogP contribution in [0, 0.1) is 6.92 Å². The van der Waals surface area contributed by atoms with Crippen LogP contribution in [0.1, 0.15) is 47.8 Å². The van der Waals surface area contributed by atoms with Gasteiger partial charge in [-0.15, -0.1) is 0 Å². The number of nitrogens with zero attached hydrogens (tertiary/aromatic N) is 1. The minimum atomic E-state index is -3.81. The zero-order valence-corrected chi connectivity index (χ0v) is 31.0. The molecule has 0 spiro atoms. The van der Waals surface area contributed by atoms with Gasteiger partial charge in [0.1, 0.15) is 30.3 Å². The van der Waals surface area contributed by atoms with Crippen molar-refractivity contribution in [2.45, 2.75) is 51.4 Å². The van der Waals surface area contributed by atoms with Gasteiger partial charge in [0.15, 0.2) is 11.5 Å². The second-order valence-corrected chi connectivity index (χ2v) is 16.3. The molecule has 0 aromatic heterocycles. The zero-order valence-electron chi connectivity index (χ0n) is 29.3. The SMILES string of the molecule is COc1ccc(COc2ccc(C(=O)C(=O)N(CCSS(=O)(=O)c3ccc(C)cc3)C(=O)OC(C)(C)C)cc2OCc2ccc(OC)cc2)cc1. The predicted molar refractivity (Wildman–Crippen MR) is 194 cm³/mol. The lowest BCUT2D eigenvalue weighted by Gasteiger charge is -2.25. The van der Waals surface area contributed by atoms with Gasteiger partial charge >= 0.3 is 12.0 Å². The fourth-order valence-corrected chi connectivity index (χ4v) is 7.20. The Morgan fingerprint density at radius 2 is 1.25 bits per heavy atom. The van der Waals surface area contributed by atoms with Gasteiger partial charge in [0.2, 0.25) is 8.87 Å². The summed E-state index contributed by atoms with van der Waals surface area (Å²) in [4.78, 5) is 41.2. The number of carbonyl (C=O) groups is 3. The second kappa shape index (κ2) is 17.3. The van der Waals surface area contributed by atoms with Crippen LogP contribution < -0.4 is 18.9 Å². The highest BCUT2D eigenvalue weighted by Crippen LogP contribution is 2.31. The van der Waals surface area contributed by atoms with E-state index in [0.717, 1.165) is 16.7 Å². The van der Waals surface area contributed by atoms with E-state index in [9.17, 15) is 22.8 Å². The maximum atomic E-state index is 13.7. The summed E-state index contributed by atoms with van der Waals surface area (Å²) in [6, 6.07) is 25.1. The van der Waals surface area contributed by atoms with E-state index in [2.05, 4.69) is 0 Å². The molecule has 0 atom stereocenters. The van der Waals surface area contributed by atoms with Crippen molar-refractivity contribution in [1.29, 1.82) is 0 Å². The van der Waals surface area contributed by atoms with Gasteiger partial charge in [-0.1, -0.05) is 42.0 Å². The summed E-state index contributed by atoms with van der Waals surface area (Å²) in [6.45, 7) is 6.55. The van der Waals surface area contributed by atoms with Crippen molar-refractivity contribution in [3.63, 3.8) is 0 Å². The van der Waals surface area contributed by atoms with Crippen LogP contribution in [-0.4, -0.2) is 63.2 Å². The lowest BCUT2D eigenvalue weighted by atomic mass is 10.1. The van der Waals surface area contributed by atoms with E-state index in [0.29, 0.717) is 32.9 Å². The molecule has 4 rings (SSSR count). The van der Waals surface area contributed by atoms with Crippen LogP contribution in [0.5, 0.6) is 23.0 Å². The first-order valence-electron chi connectivity index (χ1n) is 15.9. The summed E-state index contributed by atoms with van der Waals surface area (Å²) in [5.74, 6) is -0.556. The number of Topliss-reactive ketones (excluding diaryl/α,β-unsaturated/α-hetero) is 1. The van der Waals surface area contributed by atoms with Crippen molar-refractivity contribution in [3.8, 4) is 23.0 Å². The molecule has 0 aliphatic heterocycles. The third-order valence-corrected chi connectivity index (χ3v) is 10.7. The van der Waals surface area contributed by atoms with Crippen molar-refractivity contribution >= 4 is 37.4 Å². The summed E-state index contributed by atoms with van der Waals surface area (Å²) < 4.78 is 53.9. The first-order valence-corrected chi connectivity index (χ1v) is 18.9. The Bertz CT molecular complexity index is 1920. The molecule has 4 aromatic carbocycles. The zero-order chi connectivity index (χ0) is 37.2. The van der Waals surface area contributed by atoms with Crippen molar-refractivity contribution in [1.82, 2.24) is 4.90 Å². The third-order valence-electron chi connectivity index (χ3n) is 7.23. The average molecular weight is 736 g/mol. The molecule has 0 saturated heterocycles. The number of hydrogen-bond acceptors (Lipinski definition) is 11. The van der Waals surface area contributed by atoms with E-state index in [-0.39, 0.29) is 35.2 Å². The molecule has 13 heteroatoms. The van der Waals surface area contributed by atoms with Crippen LogP contribution in [0.2, 0.25) is 0 Å². The van der Waals surface area contributed by atoms with E-state index in [4.69, 9.17) is 23.7 Å². The second-order valence-electron chi connectivity index (χ2n) is 12.3. The normalized spacial score (nSPS) is 11.3. The van der Waals surface area contributed by atoms with Crippen LogP contribution >= 0.6 is 10.8 Å². The first-order chi connectivity index (χ1) is 24.2. The summed E-state index contributed by atoms with van der Waals surface area (Å²) in [5.41, 5.74) is 1.48. The van der Waals surface area contributed by atoms with E-state index in [1.807, 2.05) is 31.2 Å². The number of ether oxygens (including phenoxy) is 5. The highest BCUT2D eigenvalue weighted by atomic mass is 33.1. The quantitative estimate of drug-likeness (QED) is 0.0695. The Hall–Kier alpha value is -5.01. The molecule has 0 heterocycles. The molecule has 2 amide bonds. The fourth-order valence-electron chi connectivity index (χ4n) is 4.50. The lowest BCUT2D eigenvalue weighted by Crippen LogP contribution is -2.45. The Balaban J connectivity index is 1.57. The highest BCUT2D eigenvalue weighted by molar-refractivity contribution is 8.72. The molecular weight excluding hydrogens is 695 g/mol. The minimum absolute atomic E-state index is 0.0741. The molecule has 0 radical (unpaired) electrons. The van der Waals surface area contributed by atoms with Crippen molar-refractivity contribution in [3.05, 3.63) is 113 Å². The molecule has 0 N–H and O–H groups in total. The summed E-state index contributed by atoms with van der Waals surface area (Å²) in [6.07, 6.45) is -1.08. The molecule has 0 unspecified atom stereocenters. The number of imide groups is 1. The smallest absolute Gasteiger partial charge is 0.417 e. The van der Waals surface area contributed by atoms with Gasteiger partial charge < -0.3 is 23.7 Å². The maximum absolute atomic E-state index is 13.7. The Kier molecular flexibility index (Phi) is 13.1. The largest absolute Gasteiger partial charge is 0.497 e. The van der Waals surface area contributed by atoms with E-state index >= 15 is 0 Å². The van der Waals surface area contributed by atoms with Crippen LogP contribution in [-0.2, 0) is 31.6 Å². The topological polar surface area (TPSA) is 135 Å². The molecule has 270 valence electrons. The van der Waals surface area contributed by atoms with Crippen molar-refractivity contribution in [2.75, 3.05) is 26.5 Å². The lowest BCUT2D eigenvalue weighted by molar-refractivity contribution is -0.125. The number of ketones is 1. The summed E-state index contributed by atoms with van der Waals surface area (Å²) in [5, 5.41) is 0. The van der Waals surface area contributed by atoms with Crippen molar-refractivity contribution in [2.24, 2.45) is 0 Å². The molecule has 51 heavy (non-hydrogen) atoms. The minimum Gasteiger partial charge on any atom is -0.497 e. The molecule has 0 bridgehead atoms. The number of benzene rings is 4. The maximum Gasteiger partial charge on any atom is 0.417 e. The van der Waals surface area contributed by atoms with E-state index < -0.39 is 38.8 Å². The Morgan fingerprint density at radius 3 is 1.76 bits per heavy atom. The number of carbonyl (C=O) groups excluding carboxylic acids is 3. The average Bonchev–Trinajstić information content (AvgIpc) is 3.11. The van der Waals surface area contributed by atoms with Gasteiger partial charge in [-0.05, 0) is 104 Å². The third kappa shape index (κ3) is 11.2. The monoisotopic (exact) mass is 735 g/mol. The molecule has 0 aliphatic carbocycles. The van der Waals surface area contributed by atoms with Gasteiger partial charge in [0, 0.05) is 17.9 Å². The number of aryl methyl sites for hydroxylation is 1. The Morgan fingerprint density at radius 1 is 0.725 bits per heavy atom. The molecule has 0 fully saturated rings. The van der Waals surface area contributed by atoms with Crippen molar-refractivity contribution < 1.29 is 46.5 Å². The molecule has 0 aliphatic rings. The number of methoxy groups -OCH3 is 2. The van der Waals surface area contributed by atoms with Gasteiger partial charge in [-0.25, -0.2) is 18.1 Å². The highest BCUT2D eigenvalue weighted by Gasteiger charge is 2.33.